The largest absolute Gasteiger partial charge is 0.311 e. The number of rotatable bonds is 4. The van der Waals surface area contributed by atoms with Gasteiger partial charge in [0.25, 0.3) is 0 Å². The highest BCUT2D eigenvalue weighted by Gasteiger charge is 2.34. The van der Waals surface area contributed by atoms with E-state index >= 15 is 0 Å². The van der Waals surface area contributed by atoms with Gasteiger partial charge in [-0.2, -0.15) is 0 Å². The SMILES string of the molecule is CCC(C)C1CN(C2CCC(C)CC2)C(CC)CN1. The molecule has 0 amide bonds. The second-order valence-electron chi connectivity index (χ2n) is 7.07. The minimum Gasteiger partial charge on any atom is -0.311 e. The summed E-state index contributed by atoms with van der Waals surface area (Å²) >= 11 is 0. The summed E-state index contributed by atoms with van der Waals surface area (Å²) in [6, 6.07) is 2.36. The van der Waals surface area contributed by atoms with Gasteiger partial charge in [0.15, 0.2) is 0 Å². The summed E-state index contributed by atoms with van der Waals surface area (Å²) in [4.78, 5) is 2.87. The molecule has 3 unspecified atom stereocenters. The van der Waals surface area contributed by atoms with Crippen LogP contribution in [0.25, 0.3) is 0 Å². The summed E-state index contributed by atoms with van der Waals surface area (Å²) in [5.74, 6) is 1.77. The number of nitrogens with zero attached hydrogens (tertiary/aromatic N) is 1. The Balaban J connectivity index is 1.97. The highest BCUT2D eigenvalue weighted by molar-refractivity contribution is 4.92. The maximum atomic E-state index is 3.81. The van der Waals surface area contributed by atoms with E-state index in [9.17, 15) is 0 Å². The second-order valence-corrected chi connectivity index (χ2v) is 7.07. The zero-order chi connectivity index (χ0) is 13.8. The van der Waals surface area contributed by atoms with Crippen LogP contribution in [-0.2, 0) is 0 Å². The number of hydrogen-bond donors (Lipinski definition) is 1. The molecule has 0 aromatic carbocycles. The van der Waals surface area contributed by atoms with Crippen LogP contribution in [-0.4, -0.2) is 36.1 Å². The van der Waals surface area contributed by atoms with Crippen LogP contribution >= 0.6 is 0 Å². The van der Waals surface area contributed by atoms with Gasteiger partial charge in [-0.1, -0.05) is 34.1 Å². The fourth-order valence-electron chi connectivity index (χ4n) is 3.91. The van der Waals surface area contributed by atoms with Crippen molar-refractivity contribution >= 4 is 0 Å². The molecule has 19 heavy (non-hydrogen) atoms. The molecular formula is C17H34N2. The first-order chi connectivity index (χ1) is 9.15. The van der Waals surface area contributed by atoms with Crippen molar-refractivity contribution in [3.63, 3.8) is 0 Å². The van der Waals surface area contributed by atoms with Crippen LogP contribution in [0.4, 0.5) is 0 Å². The first-order valence-electron chi connectivity index (χ1n) is 8.64. The number of piperazine rings is 1. The smallest absolute Gasteiger partial charge is 0.0221 e. The maximum absolute atomic E-state index is 3.81. The molecule has 1 aliphatic heterocycles. The lowest BCUT2D eigenvalue weighted by atomic mass is 9.84. The van der Waals surface area contributed by atoms with E-state index in [1.165, 1.54) is 51.6 Å². The predicted octanol–water partition coefficient (Wildman–Crippen LogP) is 3.66. The molecule has 2 heteroatoms. The molecule has 0 aromatic heterocycles. The second kappa shape index (κ2) is 7.08. The minimum absolute atomic E-state index is 0.715. The summed E-state index contributed by atoms with van der Waals surface area (Å²) < 4.78 is 0. The molecule has 1 saturated heterocycles. The zero-order valence-electron chi connectivity index (χ0n) is 13.5. The topological polar surface area (TPSA) is 15.3 Å². The first kappa shape index (κ1) is 15.3. The summed E-state index contributed by atoms with van der Waals surface area (Å²) in [6.07, 6.45) is 8.35. The molecule has 3 atom stereocenters. The van der Waals surface area contributed by atoms with Crippen molar-refractivity contribution in [1.82, 2.24) is 10.2 Å². The normalized spacial score (nSPS) is 39.2. The molecule has 1 saturated carbocycles. The van der Waals surface area contributed by atoms with Crippen molar-refractivity contribution in [1.29, 1.82) is 0 Å². The Kier molecular flexibility index (Phi) is 5.70. The first-order valence-corrected chi connectivity index (χ1v) is 8.64. The summed E-state index contributed by atoms with van der Waals surface area (Å²) in [5.41, 5.74) is 0. The third-order valence-corrected chi connectivity index (χ3v) is 5.75. The van der Waals surface area contributed by atoms with Gasteiger partial charge < -0.3 is 5.32 Å². The van der Waals surface area contributed by atoms with Gasteiger partial charge in [0.2, 0.25) is 0 Å². The molecule has 1 N–H and O–H groups in total. The Bertz CT molecular complexity index is 258. The van der Waals surface area contributed by atoms with E-state index in [4.69, 9.17) is 0 Å². The molecule has 112 valence electrons. The van der Waals surface area contributed by atoms with Crippen molar-refractivity contribution in [2.75, 3.05) is 13.1 Å². The maximum Gasteiger partial charge on any atom is 0.0221 e. The fourth-order valence-corrected chi connectivity index (χ4v) is 3.91. The number of nitrogens with one attached hydrogen (secondary N) is 1. The Morgan fingerprint density at radius 3 is 2.42 bits per heavy atom. The molecule has 0 bridgehead atoms. The molecule has 0 aromatic rings. The minimum atomic E-state index is 0.715. The van der Waals surface area contributed by atoms with E-state index in [0.717, 1.165) is 23.9 Å². The monoisotopic (exact) mass is 266 g/mol. The zero-order valence-corrected chi connectivity index (χ0v) is 13.5. The third-order valence-electron chi connectivity index (χ3n) is 5.75. The van der Waals surface area contributed by atoms with Crippen LogP contribution < -0.4 is 5.32 Å². The lowest BCUT2D eigenvalue weighted by Gasteiger charge is -2.47. The summed E-state index contributed by atoms with van der Waals surface area (Å²) in [5, 5.41) is 3.81. The van der Waals surface area contributed by atoms with Gasteiger partial charge in [0.1, 0.15) is 0 Å². The van der Waals surface area contributed by atoms with Gasteiger partial charge in [0.05, 0.1) is 0 Å². The predicted molar refractivity (Wildman–Crippen MR) is 83.5 cm³/mol. The Hall–Kier alpha value is -0.0800. The standard InChI is InChI=1S/C17H34N2/c1-5-14(4)17-12-19(15(6-2)11-18-17)16-9-7-13(3)8-10-16/h13-18H,5-12H2,1-4H3. The van der Waals surface area contributed by atoms with Gasteiger partial charge in [-0.05, 0) is 43.9 Å². The van der Waals surface area contributed by atoms with E-state index in [0.29, 0.717) is 6.04 Å². The molecule has 1 heterocycles. The molecular weight excluding hydrogens is 232 g/mol. The highest BCUT2D eigenvalue weighted by Crippen LogP contribution is 2.30. The van der Waals surface area contributed by atoms with Gasteiger partial charge in [0, 0.05) is 31.2 Å². The van der Waals surface area contributed by atoms with E-state index in [1.807, 2.05) is 0 Å². The van der Waals surface area contributed by atoms with Crippen molar-refractivity contribution in [2.24, 2.45) is 11.8 Å². The summed E-state index contributed by atoms with van der Waals surface area (Å²) in [6.45, 7) is 12.0. The molecule has 2 aliphatic rings. The highest BCUT2D eigenvalue weighted by atomic mass is 15.3. The van der Waals surface area contributed by atoms with Gasteiger partial charge in [-0.3, -0.25) is 4.90 Å². The molecule has 2 rings (SSSR count). The van der Waals surface area contributed by atoms with Gasteiger partial charge >= 0.3 is 0 Å². The van der Waals surface area contributed by atoms with Crippen LogP contribution in [0.3, 0.4) is 0 Å². The van der Waals surface area contributed by atoms with Crippen molar-refractivity contribution in [3.05, 3.63) is 0 Å². The average Bonchev–Trinajstić information content (AvgIpc) is 2.46. The molecule has 2 fully saturated rings. The summed E-state index contributed by atoms with van der Waals surface area (Å²) in [7, 11) is 0. The Labute approximate surface area is 120 Å². The quantitative estimate of drug-likeness (QED) is 0.835. The van der Waals surface area contributed by atoms with Crippen molar-refractivity contribution < 1.29 is 0 Å². The van der Waals surface area contributed by atoms with Gasteiger partial charge in [-0.25, -0.2) is 0 Å². The van der Waals surface area contributed by atoms with Crippen LogP contribution in [0.1, 0.15) is 66.2 Å². The van der Waals surface area contributed by atoms with Gasteiger partial charge in [-0.15, -0.1) is 0 Å². The molecule has 0 spiro atoms. The van der Waals surface area contributed by atoms with E-state index in [1.54, 1.807) is 0 Å². The molecule has 0 radical (unpaired) electrons. The third kappa shape index (κ3) is 3.72. The lowest BCUT2D eigenvalue weighted by Crippen LogP contribution is -2.61. The van der Waals surface area contributed by atoms with E-state index in [-0.39, 0.29) is 0 Å². The van der Waals surface area contributed by atoms with Crippen LogP contribution in [0.15, 0.2) is 0 Å². The number of hydrogen-bond acceptors (Lipinski definition) is 2. The molecule has 2 nitrogen and oxygen atoms in total. The van der Waals surface area contributed by atoms with E-state index < -0.39 is 0 Å². The van der Waals surface area contributed by atoms with Crippen molar-refractivity contribution in [2.45, 2.75) is 84.3 Å². The fraction of sp³-hybridized carbons (Fsp3) is 1.00. The van der Waals surface area contributed by atoms with Crippen molar-refractivity contribution in [3.8, 4) is 0 Å². The Morgan fingerprint density at radius 2 is 1.84 bits per heavy atom. The van der Waals surface area contributed by atoms with E-state index in [2.05, 4.69) is 37.9 Å². The molecule has 1 aliphatic carbocycles. The lowest BCUT2D eigenvalue weighted by molar-refractivity contribution is 0.0413. The average molecular weight is 266 g/mol. The van der Waals surface area contributed by atoms with Crippen LogP contribution in [0.5, 0.6) is 0 Å². The van der Waals surface area contributed by atoms with Crippen LogP contribution in [0.2, 0.25) is 0 Å². The Morgan fingerprint density at radius 1 is 1.16 bits per heavy atom. The van der Waals surface area contributed by atoms with Crippen LogP contribution in [0, 0.1) is 11.8 Å².